The van der Waals surface area contributed by atoms with E-state index in [9.17, 15) is 9.59 Å². The Morgan fingerprint density at radius 3 is 2.83 bits per heavy atom. The quantitative estimate of drug-likeness (QED) is 0.705. The molecule has 0 saturated heterocycles. The number of carbonyl (C=O) groups is 2. The molecule has 18 heavy (non-hydrogen) atoms. The van der Waals surface area contributed by atoms with Gasteiger partial charge in [0.1, 0.15) is 5.92 Å². The second-order valence-electron chi connectivity index (χ2n) is 4.91. The average Bonchev–Trinajstić information content (AvgIpc) is 2.28. The lowest BCUT2D eigenvalue weighted by molar-refractivity contribution is -0.146. The predicted octanol–water partition coefficient (Wildman–Crippen LogP) is 2.28. The normalized spacial score (nSPS) is 27.7. The van der Waals surface area contributed by atoms with Crippen molar-refractivity contribution in [2.45, 2.75) is 40.0 Å². The minimum Gasteiger partial charge on any atom is -0.465 e. The van der Waals surface area contributed by atoms with Gasteiger partial charge in [-0.05, 0) is 26.7 Å². The lowest BCUT2D eigenvalue weighted by Crippen LogP contribution is -2.37. The van der Waals surface area contributed by atoms with Gasteiger partial charge in [0.25, 0.3) is 0 Å². The van der Waals surface area contributed by atoms with Crippen LogP contribution in [0.1, 0.15) is 40.0 Å². The number of carbonyl (C=O) groups excluding carboxylic acids is 2. The predicted molar refractivity (Wildman–Crippen MR) is 68.3 cm³/mol. The number of allylic oxidation sites excluding steroid dienone is 2. The number of hydrogen-bond acceptors (Lipinski definition) is 4. The van der Waals surface area contributed by atoms with Gasteiger partial charge in [0.05, 0.1) is 6.61 Å². The summed E-state index contributed by atoms with van der Waals surface area (Å²) in [5.74, 6) is -0.624. The molecule has 0 aromatic carbocycles. The van der Waals surface area contributed by atoms with E-state index in [0.29, 0.717) is 13.0 Å². The molecule has 1 aliphatic heterocycles. The van der Waals surface area contributed by atoms with Gasteiger partial charge in [-0.25, -0.2) is 0 Å². The zero-order chi connectivity index (χ0) is 13.3. The number of nitrogens with zero attached hydrogens (tertiary/aromatic N) is 1. The molecule has 0 radical (unpaired) electrons. The number of ketones is 1. The summed E-state index contributed by atoms with van der Waals surface area (Å²) in [6, 6.07) is 0. The van der Waals surface area contributed by atoms with Gasteiger partial charge in [0.2, 0.25) is 0 Å². The largest absolute Gasteiger partial charge is 0.465 e. The van der Waals surface area contributed by atoms with Gasteiger partial charge in [-0.2, -0.15) is 0 Å². The monoisotopic (exact) mass is 249 g/mol. The van der Waals surface area contributed by atoms with Crippen LogP contribution in [0.5, 0.6) is 0 Å². The summed E-state index contributed by atoms with van der Waals surface area (Å²) in [6.45, 7) is 5.92. The van der Waals surface area contributed by atoms with E-state index in [1.54, 1.807) is 6.92 Å². The average molecular weight is 249 g/mol. The van der Waals surface area contributed by atoms with Crippen LogP contribution in [0.4, 0.5) is 0 Å². The molecule has 0 saturated carbocycles. The Hall–Kier alpha value is -1.45. The van der Waals surface area contributed by atoms with Crippen LogP contribution in [-0.4, -0.2) is 24.1 Å². The number of esters is 1. The molecular weight excluding hydrogens is 230 g/mol. The SMILES string of the molecule is CCOC(=O)C1C(C)=NC2=C(C(=O)CCC2)[C@H]1C. The maximum absolute atomic E-state index is 12.0. The lowest BCUT2D eigenvalue weighted by Gasteiger charge is -2.31. The third kappa shape index (κ3) is 2.11. The summed E-state index contributed by atoms with van der Waals surface area (Å²) in [4.78, 5) is 28.4. The molecule has 2 aliphatic rings. The number of hydrogen-bond donors (Lipinski definition) is 0. The standard InChI is InChI=1S/C14H19NO3/c1-4-18-14(17)12-8(2)13-10(15-9(12)3)6-5-7-11(13)16/h8,12H,4-7H2,1-3H3/t8-,12?/m0/s1. The van der Waals surface area contributed by atoms with Gasteiger partial charge in [-0.1, -0.05) is 6.92 Å². The van der Waals surface area contributed by atoms with E-state index in [1.807, 2.05) is 13.8 Å². The van der Waals surface area contributed by atoms with Crippen LogP contribution in [0.3, 0.4) is 0 Å². The maximum Gasteiger partial charge on any atom is 0.315 e. The highest BCUT2D eigenvalue weighted by molar-refractivity contribution is 6.07. The van der Waals surface area contributed by atoms with E-state index in [-0.39, 0.29) is 17.7 Å². The van der Waals surface area contributed by atoms with E-state index in [4.69, 9.17) is 4.74 Å². The van der Waals surface area contributed by atoms with Gasteiger partial charge in [0.15, 0.2) is 5.78 Å². The van der Waals surface area contributed by atoms with Gasteiger partial charge < -0.3 is 4.74 Å². The fourth-order valence-electron chi connectivity index (χ4n) is 2.90. The highest BCUT2D eigenvalue weighted by Crippen LogP contribution is 2.37. The van der Waals surface area contributed by atoms with E-state index >= 15 is 0 Å². The molecule has 1 heterocycles. The Morgan fingerprint density at radius 2 is 2.17 bits per heavy atom. The molecule has 0 aromatic heterocycles. The molecule has 0 bridgehead atoms. The topological polar surface area (TPSA) is 55.7 Å². The second-order valence-corrected chi connectivity index (χ2v) is 4.91. The molecule has 4 nitrogen and oxygen atoms in total. The second kappa shape index (κ2) is 5.04. The fourth-order valence-corrected chi connectivity index (χ4v) is 2.90. The van der Waals surface area contributed by atoms with E-state index < -0.39 is 5.92 Å². The fraction of sp³-hybridized carbons (Fsp3) is 0.643. The maximum atomic E-state index is 12.0. The van der Waals surface area contributed by atoms with Gasteiger partial charge >= 0.3 is 5.97 Å². The number of ether oxygens (including phenoxy) is 1. The molecule has 0 fully saturated rings. The van der Waals surface area contributed by atoms with Crippen molar-refractivity contribution in [1.29, 1.82) is 0 Å². The Kier molecular flexibility index (Phi) is 3.64. The third-order valence-corrected chi connectivity index (χ3v) is 3.69. The first-order valence-electron chi connectivity index (χ1n) is 6.54. The highest BCUT2D eigenvalue weighted by atomic mass is 16.5. The molecule has 0 aromatic rings. The van der Waals surface area contributed by atoms with Gasteiger partial charge in [-0.15, -0.1) is 0 Å². The third-order valence-electron chi connectivity index (χ3n) is 3.69. The molecule has 0 amide bonds. The molecule has 2 rings (SSSR count). The number of Topliss-reactive ketones (excluding diaryl/α,β-unsaturated/α-hetero) is 1. The van der Waals surface area contributed by atoms with E-state index in [1.165, 1.54) is 0 Å². The van der Waals surface area contributed by atoms with Crippen molar-refractivity contribution in [1.82, 2.24) is 0 Å². The van der Waals surface area contributed by atoms with Crippen molar-refractivity contribution in [3.05, 3.63) is 11.3 Å². The molecule has 0 spiro atoms. The first-order valence-corrected chi connectivity index (χ1v) is 6.54. The van der Waals surface area contributed by atoms with Gasteiger partial charge in [0, 0.05) is 29.3 Å². The van der Waals surface area contributed by atoms with Crippen LogP contribution in [0.15, 0.2) is 16.3 Å². The molecule has 4 heteroatoms. The molecule has 0 N–H and O–H groups in total. The number of rotatable bonds is 2. The summed E-state index contributed by atoms with van der Waals surface area (Å²) in [5, 5.41) is 0. The minimum absolute atomic E-state index is 0.107. The Balaban J connectivity index is 2.34. The summed E-state index contributed by atoms with van der Waals surface area (Å²) in [5.41, 5.74) is 2.41. The first kappa shape index (κ1) is 13.0. The van der Waals surface area contributed by atoms with Crippen LogP contribution in [-0.2, 0) is 14.3 Å². The lowest BCUT2D eigenvalue weighted by atomic mass is 9.76. The van der Waals surface area contributed by atoms with Crippen molar-refractivity contribution in [3.8, 4) is 0 Å². The Morgan fingerprint density at radius 1 is 1.44 bits per heavy atom. The van der Waals surface area contributed by atoms with Crippen LogP contribution < -0.4 is 0 Å². The molecular formula is C14H19NO3. The van der Waals surface area contributed by atoms with E-state index in [2.05, 4.69) is 4.99 Å². The molecule has 2 atom stereocenters. The van der Waals surface area contributed by atoms with Crippen LogP contribution in [0.2, 0.25) is 0 Å². The smallest absolute Gasteiger partial charge is 0.315 e. The van der Waals surface area contributed by atoms with Crippen molar-refractivity contribution in [2.75, 3.05) is 6.61 Å². The molecule has 98 valence electrons. The van der Waals surface area contributed by atoms with Crippen LogP contribution in [0, 0.1) is 11.8 Å². The van der Waals surface area contributed by atoms with Crippen molar-refractivity contribution >= 4 is 17.5 Å². The van der Waals surface area contributed by atoms with Crippen molar-refractivity contribution < 1.29 is 14.3 Å². The van der Waals surface area contributed by atoms with Crippen molar-refractivity contribution in [2.24, 2.45) is 16.8 Å². The van der Waals surface area contributed by atoms with Crippen LogP contribution >= 0.6 is 0 Å². The summed E-state index contributed by atoms with van der Waals surface area (Å²) < 4.78 is 5.08. The van der Waals surface area contributed by atoms with Crippen molar-refractivity contribution in [3.63, 3.8) is 0 Å². The van der Waals surface area contributed by atoms with E-state index in [0.717, 1.165) is 29.8 Å². The number of aliphatic imine (C=N–C) groups is 1. The van der Waals surface area contributed by atoms with Crippen LogP contribution in [0.25, 0.3) is 0 Å². The van der Waals surface area contributed by atoms with Gasteiger partial charge in [-0.3, -0.25) is 14.6 Å². The first-order chi connectivity index (χ1) is 8.56. The Bertz CT molecular complexity index is 448. The molecule has 1 unspecified atom stereocenters. The summed E-state index contributed by atoms with van der Waals surface area (Å²) in [6.07, 6.45) is 2.29. The zero-order valence-corrected chi connectivity index (χ0v) is 11.2. The summed E-state index contributed by atoms with van der Waals surface area (Å²) >= 11 is 0. The summed E-state index contributed by atoms with van der Waals surface area (Å²) in [7, 11) is 0. The minimum atomic E-state index is -0.397. The zero-order valence-electron chi connectivity index (χ0n) is 11.2. The molecule has 1 aliphatic carbocycles. The highest BCUT2D eigenvalue weighted by Gasteiger charge is 2.39. The Labute approximate surface area is 107 Å².